The van der Waals surface area contributed by atoms with Gasteiger partial charge in [0.15, 0.2) is 0 Å². The summed E-state index contributed by atoms with van der Waals surface area (Å²) in [4.78, 5) is 0. The van der Waals surface area contributed by atoms with Crippen molar-refractivity contribution in [3.05, 3.63) is 34.9 Å². The minimum Gasteiger partial charge on any atom is -0.382 e. The van der Waals surface area contributed by atoms with E-state index in [1.807, 2.05) is 24.3 Å². The molecule has 0 amide bonds. The van der Waals surface area contributed by atoms with Crippen LogP contribution in [-0.2, 0) is 6.42 Å². The molecule has 1 aromatic carbocycles. The molecule has 11 heavy (non-hydrogen) atoms. The van der Waals surface area contributed by atoms with Gasteiger partial charge in [-0.1, -0.05) is 45.7 Å². The van der Waals surface area contributed by atoms with Crippen LogP contribution < -0.4 is 0 Å². The van der Waals surface area contributed by atoms with E-state index in [9.17, 15) is 0 Å². The normalized spacial score (nSPS) is 13.0. The summed E-state index contributed by atoms with van der Waals surface area (Å²) in [5.74, 6) is 0. The lowest BCUT2D eigenvalue weighted by molar-refractivity contribution is 0.271. The summed E-state index contributed by atoms with van der Waals surface area (Å²) < 4.78 is 0. The van der Waals surface area contributed by atoms with Crippen molar-refractivity contribution in [2.24, 2.45) is 0 Å². The van der Waals surface area contributed by atoms with E-state index in [4.69, 9.17) is 16.7 Å². The lowest BCUT2D eigenvalue weighted by Crippen LogP contribution is -2.00. The van der Waals surface area contributed by atoms with E-state index in [1.165, 1.54) is 0 Å². The lowest BCUT2D eigenvalue weighted by atomic mass is 10.2. The van der Waals surface area contributed by atoms with E-state index < -0.39 is 5.01 Å². The van der Waals surface area contributed by atoms with Gasteiger partial charge >= 0.3 is 0 Å². The van der Waals surface area contributed by atoms with Crippen molar-refractivity contribution in [3.8, 4) is 0 Å². The average molecular weight is 236 g/mol. The molecule has 0 aliphatic rings. The average Bonchev–Trinajstić information content (AvgIpc) is 1.93. The number of benzene rings is 1. The van der Waals surface area contributed by atoms with Crippen molar-refractivity contribution in [1.29, 1.82) is 0 Å². The van der Waals surface area contributed by atoms with Crippen LogP contribution in [-0.4, -0.2) is 10.1 Å². The van der Waals surface area contributed by atoms with Gasteiger partial charge in [0, 0.05) is 11.4 Å². The Bertz CT molecular complexity index is 237. The fourth-order valence-corrected chi connectivity index (χ4v) is 1.41. The Kier molecular flexibility index (Phi) is 3.37. The van der Waals surface area contributed by atoms with Crippen molar-refractivity contribution in [2.75, 3.05) is 0 Å². The quantitative estimate of drug-likeness (QED) is 0.781. The molecule has 0 heterocycles. The predicted molar refractivity (Wildman–Crippen MR) is 50.1 cm³/mol. The standard InChI is InChI=1S/C8H8BrClO/c9-8(11)5-6-3-1-2-4-7(6)10/h1-4,8,11H,5H2. The lowest BCUT2D eigenvalue weighted by Gasteiger charge is -2.03. The Balaban J connectivity index is 2.78. The number of aliphatic hydroxyl groups excluding tert-OH is 1. The van der Waals surface area contributed by atoms with Crippen LogP contribution in [0.4, 0.5) is 0 Å². The highest BCUT2D eigenvalue weighted by molar-refractivity contribution is 9.09. The summed E-state index contributed by atoms with van der Waals surface area (Å²) in [5, 5.41) is 9.18. The maximum absolute atomic E-state index is 8.99. The zero-order valence-corrected chi connectivity index (χ0v) is 8.14. The highest BCUT2D eigenvalue weighted by atomic mass is 79.9. The fourth-order valence-electron chi connectivity index (χ4n) is 0.845. The van der Waals surface area contributed by atoms with Crippen LogP contribution in [0, 0.1) is 0 Å². The molecule has 0 aliphatic heterocycles. The van der Waals surface area contributed by atoms with E-state index >= 15 is 0 Å². The monoisotopic (exact) mass is 234 g/mol. The molecule has 0 fully saturated rings. The molecule has 1 rings (SSSR count). The second kappa shape index (κ2) is 4.10. The first kappa shape index (κ1) is 9.04. The Labute approximate surface area is 79.1 Å². The smallest absolute Gasteiger partial charge is 0.113 e. The van der Waals surface area contributed by atoms with Gasteiger partial charge in [-0.3, -0.25) is 0 Å². The summed E-state index contributed by atoms with van der Waals surface area (Å²) in [5.41, 5.74) is 0.957. The third-order valence-corrected chi connectivity index (χ3v) is 2.04. The molecular formula is C8H8BrClO. The van der Waals surface area contributed by atoms with E-state index in [-0.39, 0.29) is 0 Å². The Morgan fingerprint density at radius 1 is 1.45 bits per heavy atom. The molecule has 0 saturated carbocycles. The maximum atomic E-state index is 8.99. The summed E-state index contributed by atoms with van der Waals surface area (Å²) in [6, 6.07) is 7.47. The van der Waals surface area contributed by atoms with Gasteiger partial charge < -0.3 is 5.11 Å². The molecule has 3 heteroatoms. The molecular weight excluding hydrogens is 227 g/mol. The van der Waals surface area contributed by atoms with Gasteiger partial charge in [-0.25, -0.2) is 0 Å². The third-order valence-electron chi connectivity index (χ3n) is 1.35. The molecule has 1 nitrogen and oxygen atoms in total. The summed E-state index contributed by atoms with van der Waals surface area (Å²) >= 11 is 8.88. The number of alkyl halides is 1. The zero-order valence-electron chi connectivity index (χ0n) is 5.80. The van der Waals surface area contributed by atoms with Gasteiger partial charge in [0.1, 0.15) is 5.01 Å². The van der Waals surface area contributed by atoms with Crippen molar-refractivity contribution >= 4 is 27.5 Å². The minimum absolute atomic E-state index is 0.512. The Morgan fingerprint density at radius 3 is 2.64 bits per heavy atom. The SMILES string of the molecule is OC(Br)Cc1ccccc1Cl. The van der Waals surface area contributed by atoms with E-state index in [0.29, 0.717) is 11.4 Å². The summed E-state index contributed by atoms with van der Waals surface area (Å²) in [6.45, 7) is 0. The Morgan fingerprint density at radius 2 is 2.09 bits per heavy atom. The third kappa shape index (κ3) is 2.81. The topological polar surface area (TPSA) is 20.2 Å². The molecule has 1 N–H and O–H groups in total. The van der Waals surface area contributed by atoms with Crippen LogP contribution >= 0.6 is 27.5 Å². The first-order valence-electron chi connectivity index (χ1n) is 3.25. The largest absolute Gasteiger partial charge is 0.382 e. The molecule has 60 valence electrons. The van der Waals surface area contributed by atoms with E-state index in [1.54, 1.807) is 0 Å². The highest BCUT2D eigenvalue weighted by Crippen LogP contribution is 2.17. The van der Waals surface area contributed by atoms with Crippen LogP contribution in [0.1, 0.15) is 5.56 Å². The van der Waals surface area contributed by atoms with Crippen LogP contribution in [0.5, 0.6) is 0 Å². The van der Waals surface area contributed by atoms with Gasteiger partial charge in [0.05, 0.1) is 0 Å². The first-order chi connectivity index (χ1) is 5.20. The maximum Gasteiger partial charge on any atom is 0.113 e. The number of halogens is 2. The van der Waals surface area contributed by atoms with Crippen LogP contribution in [0.25, 0.3) is 0 Å². The number of hydrogen-bond donors (Lipinski definition) is 1. The minimum atomic E-state index is -0.512. The highest BCUT2D eigenvalue weighted by Gasteiger charge is 2.02. The molecule has 1 aromatic rings. The van der Waals surface area contributed by atoms with Gasteiger partial charge in [-0.15, -0.1) is 0 Å². The summed E-state index contributed by atoms with van der Waals surface area (Å²) in [6.07, 6.45) is 0.541. The number of rotatable bonds is 2. The zero-order chi connectivity index (χ0) is 8.27. The van der Waals surface area contributed by atoms with E-state index in [2.05, 4.69) is 15.9 Å². The second-order valence-corrected chi connectivity index (χ2v) is 3.69. The Hall–Kier alpha value is -0.0500. The molecule has 1 atom stereocenters. The molecule has 0 aromatic heterocycles. The molecule has 0 radical (unpaired) electrons. The number of aliphatic hydroxyl groups is 1. The molecule has 0 bridgehead atoms. The van der Waals surface area contributed by atoms with Crippen LogP contribution in [0.3, 0.4) is 0 Å². The van der Waals surface area contributed by atoms with Crippen molar-refractivity contribution in [3.63, 3.8) is 0 Å². The van der Waals surface area contributed by atoms with Crippen LogP contribution in [0.15, 0.2) is 24.3 Å². The molecule has 1 unspecified atom stereocenters. The molecule has 0 aliphatic carbocycles. The van der Waals surface area contributed by atoms with Crippen molar-refractivity contribution in [1.82, 2.24) is 0 Å². The molecule has 0 saturated heterocycles. The first-order valence-corrected chi connectivity index (χ1v) is 4.55. The van der Waals surface area contributed by atoms with Gasteiger partial charge in [0.2, 0.25) is 0 Å². The van der Waals surface area contributed by atoms with Crippen molar-refractivity contribution in [2.45, 2.75) is 11.4 Å². The predicted octanol–water partition coefficient (Wildman–Crippen LogP) is 2.60. The molecule has 0 spiro atoms. The van der Waals surface area contributed by atoms with E-state index in [0.717, 1.165) is 5.56 Å². The fraction of sp³-hybridized carbons (Fsp3) is 0.250. The van der Waals surface area contributed by atoms with Gasteiger partial charge in [-0.2, -0.15) is 0 Å². The van der Waals surface area contributed by atoms with Gasteiger partial charge in [-0.05, 0) is 11.6 Å². The second-order valence-electron chi connectivity index (χ2n) is 2.23. The van der Waals surface area contributed by atoms with Crippen LogP contribution in [0.2, 0.25) is 5.02 Å². The van der Waals surface area contributed by atoms with Crippen molar-refractivity contribution < 1.29 is 5.11 Å². The number of hydrogen-bond acceptors (Lipinski definition) is 1. The van der Waals surface area contributed by atoms with Gasteiger partial charge in [0.25, 0.3) is 0 Å². The summed E-state index contributed by atoms with van der Waals surface area (Å²) in [7, 11) is 0.